The number of rotatable bonds is 4. The van der Waals surface area contributed by atoms with Gasteiger partial charge in [-0.1, -0.05) is 72.5 Å². The Bertz CT molecular complexity index is 1040. The lowest BCUT2D eigenvalue weighted by Crippen LogP contribution is -2.37. The van der Waals surface area contributed by atoms with Crippen molar-refractivity contribution in [2.75, 3.05) is 0 Å². The smallest absolute Gasteiger partial charge is 0.203 e. The standard InChI is InChI=1S/C22H10F12/c23-17(19(25,26)21(29,30)31)15(13-7-3-1-4-8-13)11-12-16(14-9-5-2-6-10-14)18(24)20(27,28)22(32,33)34/h1-10H. The molecule has 0 bridgehead atoms. The molecule has 0 radical (unpaired) electrons. The fraction of sp³-hybridized carbons (Fsp3) is 0.182. The van der Waals surface area contributed by atoms with E-state index < -0.39 is 58.1 Å². The molecule has 0 aliphatic rings. The molecule has 12 heteroatoms. The van der Waals surface area contributed by atoms with Crippen LogP contribution in [-0.4, -0.2) is 24.2 Å². The van der Waals surface area contributed by atoms with Gasteiger partial charge in [-0.05, 0) is 11.1 Å². The zero-order valence-corrected chi connectivity index (χ0v) is 16.3. The van der Waals surface area contributed by atoms with Crippen molar-refractivity contribution in [2.24, 2.45) is 0 Å². The molecule has 34 heavy (non-hydrogen) atoms. The van der Waals surface area contributed by atoms with Crippen LogP contribution in [0, 0.1) is 11.8 Å². The molecule has 0 saturated carbocycles. The van der Waals surface area contributed by atoms with Crippen molar-refractivity contribution in [3.8, 4) is 11.8 Å². The van der Waals surface area contributed by atoms with Gasteiger partial charge < -0.3 is 0 Å². The van der Waals surface area contributed by atoms with E-state index in [0.717, 1.165) is 48.5 Å². The average molecular weight is 502 g/mol. The largest absolute Gasteiger partial charge is 0.460 e. The maximum absolute atomic E-state index is 14.4. The van der Waals surface area contributed by atoms with Crippen LogP contribution in [0.25, 0.3) is 11.1 Å². The molecule has 0 aliphatic carbocycles. The number of alkyl halides is 10. The molecule has 2 aromatic rings. The van der Waals surface area contributed by atoms with Gasteiger partial charge in [0.05, 0.1) is 11.1 Å². The highest BCUT2D eigenvalue weighted by Gasteiger charge is 2.63. The normalized spacial score (nSPS) is 14.6. The summed E-state index contributed by atoms with van der Waals surface area (Å²) in [5.74, 6) is -15.7. The zero-order chi connectivity index (χ0) is 25.9. The SMILES string of the molecule is FC(=C(C#CC(=C(F)C(F)(F)C(F)(F)F)c1ccccc1)c1ccccc1)C(F)(F)C(F)(F)F. The second-order valence-electron chi connectivity index (χ2n) is 6.50. The van der Waals surface area contributed by atoms with Crippen molar-refractivity contribution in [3.05, 3.63) is 83.4 Å². The minimum absolute atomic E-state index is 0.702. The van der Waals surface area contributed by atoms with Crippen molar-refractivity contribution in [3.63, 3.8) is 0 Å². The lowest BCUT2D eigenvalue weighted by atomic mass is 9.99. The van der Waals surface area contributed by atoms with Crippen molar-refractivity contribution < 1.29 is 52.7 Å². The number of allylic oxidation sites excluding steroid dienone is 4. The molecular weight excluding hydrogens is 492 g/mol. The molecule has 0 N–H and O–H groups in total. The van der Waals surface area contributed by atoms with Gasteiger partial charge in [0.25, 0.3) is 0 Å². The van der Waals surface area contributed by atoms with Crippen LogP contribution >= 0.6 is 0 Å². The first kappa shape index (κ1) is 26.9. The summed E-state index contributed by atoms with van der Waals surface area (Å²) in [6, 6.07) is 10.1. The second kappa shape index (κ2) is 9.48. The molecule has 0 fully saturated rings. The van der Waals surface area contributed by atoms with Gasteiger partial charge >= 0.3 is 24.2 Å². The first-order valence-electron chi connectivity index (χ1n) is 8.84. The van der Waals surface area contributed by atoms with Crippen molar-refractivity contribution in [1.29, 1.82) is 0 Å². The summed E-state index contributed by atoms with van der Waals surface area (Å²) < 4.78 is 159. The molecular formula is C22H10F12. The lowest BCUT2D eigenvalue weighted by Gasteiger charge is -2.19. The van der Waals surface area contributed by atoms with E-state index in [2.05, 4.69) is 0 Å². The fourth-order valence-corrected chi connectivity index (χ4v) is 2.41. The van der Waals surface area contributed by atoms with Gasteiger partial charge in [-0.3, -0.25) is 0 Å². The summed E-state index contributed by atoms with van der Waals surface area (Å²) in [6.07, 6.45) is -12.9. The van der Waals surface area contributed by atoms with Crippen LogP contribution in [0.3, 0.4) is 0 Å². The van der Waals surface area contributed by atoms with Gasteiger partial charge in [0.2, 0.25) is 0 Å². The number of benzene rings is 2. The summed E-state index contributed by atoms with van der Waals surface area (Å²) in [5, 5.41) is 0. The fourth-order valence-electron chi connectivity index (χ4n) is 2.41. The summed E-state index contributed by atoms with van der Waals surface area (Å²) >= 11 is 0. The molecule has 2 rings (SSSR count). The quantitative estimate of drug-likeness (QED) is 0.293. The first-order valence-corrected chi connectivity index (χ1v) is 8.84. The number of hydrogen-bond acceptors (Lipinski definition) is 0. The molecule has 0 saturated heterocycles. The van der Waals surface area contributed by atoms with Gasteiger partial charge in [-0.25, -0.2) is 8.78 Å². The van der Waals surface area contributed by atoms with Gasteiger partial charge in [0.15, 0.2) is 11.7 Å². The summed E-state index contributed by atoms with van der Waals surface area (Å²) in [4.78, 5) is 0. The molecule has 0 amide bonds. The highest BCUT2D eigenvalue weighted by molar-refractivity contribution is 5.88. The highest BCUT2D eigenvalue weighted by atomic mass is 19.4. The monoisotopic (exact) mass is 502 g/mol. The summed E-state index contributed by atoms with van der Waals surface area (Å²) in [6.45, 7) is 0. The van der Waals surface area contributed by atoms with Crippen LogP contribution in [0.1, 0.15) is 11.1 Å². The van der Waals surface area contributed by atoms with Gasteiger partial charge in [-0.15, -0.1) is 0 Å². The minimum Gasteiger partial charge on any atom is -0.203 e. The van der Waals surface area contributed by atoms with Gasteiger partial charge in [0.1, 0.15) is 0 Å². The van der Waals surface area contributed by atoms with Gasteiger partial charge in [-0.2, -0.15) is 43.9 Å². The van der Waals surface area contributed by atoms with Crippen LogP contribution < -0.4 is 0 Å². The number of hydrogen-bond donors (Lipinski definition) is 0. The Labute approximate surface area is 184 Å². The van der Waals surface area contributed by atoms with Crippen LogP contribution in [0.2, 0.25) is 0 Å². The average Bonchev–Trinajstić information content (AvgIpc) is 2.75. The van der Waals surface area contributed by atoms with E-state index in [1.165, 1.54) is 24.0 Å². The Morgan fingerprint density at radius 2 is 0.735 bits per heavy atom. The molecule has 0 unspecified atom stereocenters. The molecule has 0 spiro atoms. The maximum Gasteiger partial charge on any atom is 0.460 e. The third-order valence-electron chi connectivity index (χ3n) is 4.14. The van der Waals surface area contributed by atoms with E-state index in [4.69, 9.17) is 0 Å². The van der Waals surface area contributed by atoms with E-state index in [0.29, 0.717) is 0 Å². The van der Waals surface area contributed by atoms with Crippen LogP contribution in [0.4, 0.5) is 52.7 Å². The summed E-state index contributed by atoms with van der Waals surface area (Å²) in [5.41, 5.74) is -4.79. The first-order chi connectivity index (χ1) is 15.5. The van der Waals surface area contributed by atoms with Crippen LogP contribution in [0.15, 0.2) is 72.3 Å². The van der Waals surface area contributed by atoms with E-state index in [9.17, 15) is 52.7 Å². The molecule has 0 aliphatic heterocycles. The third-order valence-corrected chi connectivity index (χ3v) is 4.14. The predicted molar refractivity (Wildman–Crippen MR) is 98.7 cm³/mol. The highest BCUT2D eigenvalue weighted by Crippen LogP contribution is 2.46. The van der Waals surface area contributed by atoms with E-state index in [-0.39, 0.29) is 0 Å². The molecule has 0 aromatic heterocycles. The maximum atomic E-state index is 14.4. The molecule has 0 atom stereocenters. The topological polar surface area (TPSA) is 0 Å². The van der Waals surface area contributed by atoms with Crippen LogP contribution in [0.5, 0.6) is 0 Å². The Morgan fingerprint density at radius 1 is 0.471 bits per heavy atom. The van der Waals surface area contributed by atoms with E-state index in [1.54, 1.807) is 0 Å². The van der Waals surface area contributed by atoms with E-state index in [1.807, 2.05) is 0 Å². The molecule has 182 valence electrons. The molecule has 0 heterocycles. The molecule has 0 nitrogen and oxygen atoms in total. The Hall–Kier alpha value is -3.36. The van der Waals surface area contributed by atoms with Gasteiger partial charge in [0, 0.05) is 0 Å². The van der Waals surface area contributed by atoms with Crippen molar-refractivity contribution >= 4 is 11.1 Å². The Morgan fingerprint density at radius 3 is 0.971 bits per heavy atom. The van der Waals surface area contributed by atoms with E-state index >= 15 is 0 Å². The second-order valence-corrected chi connectivity index (χ2v) is 6.50. The minimum atomic E-state index is -6.44. The lowest BCUT2D eigenvalue weighted by molar-refractivity contribution is -0.270. The Balaban J connectivity index is 2.88. The predicted octanol–water partition coefficient (Wildman–Crippen LogP) is 8.15. The van der Waals surface area contributed by atoms with Crippen molar-refractivity contribution in [1.82, 2.24) is 0 Å². The third kappa shape index (κ3) is 5.40. The Kier molecular flexibility index (Phi) is 7.50. The number of halogens is 12. The molecule has 2 aromatic carbocycles. The van der Waals surface area contributed by atoms with Crippen molar-refractivity contribution in [2.45, 2.75) is 24.2 Å². The zero-order valence-electron chi connectivity index (χ0n) is 16.3. The summed E-state index contributed by atoms with van der Waals surface area (Å²) in [7, 11) is 0. The van der Waals surface area contributed by atoms with Crippen LogP contribution in [-0.2, 0) is 0 Å².